The highest BCUT2D eigenvalue weighted by molar-refractivity contribution is 5.78. The molecular formula is C11H20N2O4. The Balaban J connectivity index is 2.37. The van der Waals surface area contributed by atoms with Crippen molar-refractivity contribution in [1.82, 2.24) is 4.90 Å². The summed E-state index contributed by atoms with van der Waals surface area (Å²) in [7, 11) is 0. The van der Waals surface area contributed by atoms with Crippen LogP contribution in [0.5, 0.6) is 0 Å². The predicted octanol–water partition coefficient (Wildman–Crippen LogP) is 0.496. The summed E-state index contributed by atoms with van der Waals surface area (Å²) in [5.74, 6) is -0.492. The van der Waals surface area contributed by atoms with E-state index in [4.69, 9.17) is 15.2 Å². The number of carbonyl (C=O) groups excluding carboxylic acids is 2. The number of nitrogens with two attached hydrogens (primary N) is 1. The van der Waals surface area contributed by atoms with Gasteiger partial charge in [0.15, 0.2) is 0 Å². The molecule has 0 radical (unpaired) electrons. The lowest BCUT2D eigenvalue weighted by Crippen LogP contribution is -2.35. The quantitative estimate of drug-likeness (QED) is 0.780. The summed E-state index contributed by atoms with van der Waals surface area (Å²) in [6.45, 7) is 6.25. The molecule has 1 rings (SSSR count). The highest BCUT2D eigenvalue weighted by Crippen LogP contribution is 2.15. The minimum Gasteiger partial charge on any atom is -0.447 e. The van der Waals surface area contributed by atoms with Crippen LogP contribution in [0.15, 0.2) is 0 Å². The molecule has 1 fully saturated rings. The number of likely N-dealkylation sites (tertiary alicyclic amines) is 1. The third kappa shape index (κ3) is 4.22. The molecule has 6 nitrogen and oxygen atoms in total. The minimum atomic E-state index is -0.624. The second kappa shape index (κ2) is 5.86. The molecule has 1 heterocycles. The highest BCUT2D eigenvalue weighted by Gasteiger charge is 2.30. The molecule has 6 heteroatoms. The highest BCUT2D eigenvalue weighted by atomic mass is 16.6. The van der Waals surface area contributed by atoms with Gasteiger partial charge in [-0.15, -0.1) is 0 Å². The number of nitrogens with zero attached hydrogens (tertiary/aromatic N) is 1. The Morgan fingerprint density at radius 3 is 2.53 bits per heavy atom. The average molecular weight is 244 g/mol. The van der Waals surface area contributed by atoms with E-state index in [-0.39, 0.29) is 18.3 Å². The first-order valence-corrected chi connectivity index (χ1v) is 5.80. The van der Waals surface area contributed by atoms with Crippen molar-refractivity contribution in [3.05, 3.63) is 0 Å². The number of amides is 2. The van der Waals surface area contributed by atoms with Crippen LogP contribution >= 0.6 is 0 Å². The fourth-order valence-electron chi connectivity index (χ4n) is 1.64. The van der Waals surface area contributed by atoms with E-state index in [9.17, 15) is 9.59 Å². The SMILES string of the molecule is CC(C)OC(=O)N1CCC(OC(C)C(N)=O)C1. The smallest absolute Gasteiger partial charge is 0.410 e. The number of rotatable bonds is 4. The molecule has 0 saturated carbocycles. The predicted molar refractivity (Wildman–Crippen MR) is 61.3 cm³/mol. The van der Waals surface area contributed by atoms with Crippen molar-refractivity contribution in [3.8, 4) is 0 Å². The van der Waals surface area contributed by atoms with Gasteiger partial charge < -0.3 is 20.1 Å². The van der Waals surface area contributed by atoms with Gasteiger partial charge in [0.1, 0.15) is 6.10 Å². The largest absolute Gasteiger partial charge is 0.447 e. The molecule has 0 aromatic carbocycles. The van der Waals surface area contributed by atoms with Gasteiger partial charge in [0.2, 0.25) is 5.91 Å². The molecule has 1 aliphatic rings. The molecule has 0 aromatic rings. The molecule has 0 aliphatic carbocycles. The van der Waals surface area contributed by atoms with Gasteiger partial charge in [-0.25, -0.2) is 4.79 Å². The van der Waals surface area contributed by atoms with E-state index < -0.39 is 12.0 Å². The fourth-order valence-corrected chi connectivity index (χ4v) is 1.64. The molecule has 0 spiro atoms. The number of hydrogen-bond acceptors (Lipinski definition) is 4. The number of carbonyl (C=O) groups is 2. The average Bonchev–Trinajstić information content (AvgIpc) is 2.65. The van der Waals surface area contributed by atoms with Gasteiger partial charge in [0, 0.05) is 6.54 Å². The van der Waals surface area contributed by atoms with E-state index in [1.807, 2.05) is 0 Å². The van der Waals surface area contributed by atoms with Crippen LogP contribution in [-0.4, -0.2) is 48.3 Å². The van der Waals surface area contributed by atoms with Crippen LogP contribution in [0, 0.1) is 0 Å². The molecule has 0 aromatic heterocycles. The van der Waals surface area contributed by atoms with Crippen molar-refractivity contribution < 1.29 is 19.1 Å². The summed E-state index contributed by atoms with van der Waals surface area (Å²) >= 11 is 0. The Morgan fingerprint density at radius 2 is 2.00 bits per heavy atom. The molecule has 1 saturated heterocycles. The van der Waals surface area contributed by atoms with E-state index in [0.717, 1.165) is 0 Å². The van der Waals surface area contributed by atoms with Crippen LogP contribution in [-0.2, 0) is 14.3 Å². The molecular weight excluding hydrogens is 224 g/mol. The van der Waals surface area contributed by atoms with Gasteiger partial charge in [-0.05, 0) is 27.2 Å². The Bertz CT molecular complexity index is 293. The molecule has 2 N–H and O–H groups in total. The van der Waals surface area contributed by atoms with E-state index in [1.54, 1.807) is 25.7 Å². The lowest BCUT2D eigenvalue weighted by atomic mass is 10.3. The standard InChI is InChI=1S/C11H20N2O4/c1-7(2)16-11(15)13-5-4-9(6-13)17-8(3)10(12)14/h7-9H,4-6H2,1-3H3,(H2,12,14). The second-order valence-corrected chi connectivity index (χ2v) is 4.47. The van der Waals surface area contributed by atoms with Gasteiger partial charge in [0.05, 0.1) is 18.8 Å². The molecule has 2 unspecified atom stereocenters. The Labute approximate surface area is 101 Å². The normalized spacial score (nSPS) is 21.6. The van der Waals surface area contributed by atoms with Gasteiger partial charge in [-0.2, -0.15) is 0 Å². The van der Waals surface area contributed by atoms with E-state index in [1.165, 1.54) is 0 Å². The molecule has 2 amide bonds. The van der Waals surface area contributed by atoms with Gasteiger partial charge in [-0.3, -0.25) is 4.79 Å². The van der Waals surface area contributed by atoms with Gasteiger partial charge in [0.25, 0.3) is 0 Å². The maximum atomic E-state index is 11.6. The summed E-state index contributed by atoms with van der Waals surface area (Å²) in [5.41, 5.74) is 5.11. The molecule has 17 heavy (non-hydrogen) atoms. The van der Waals surface area contributed by atoms with Crippen molar-refractivity contribution in [2.75, 3.05) is 13.1 Å². The van der Waals surface area contributed by atoms with Crippen LogP contribution in [0.25, 0.3) is 0 Å². The van der Waals surface area contributed by atoms with Crippen molar-refractivity contribution in [2.24, 2.45) is 5.73 Å². The minimum absolute atomic E-state index is 0.132. The van der Waals surface area contributed by atoms with Gasteiger partial charge >= 0.3 is 6.09 Å². The summed E-state index contributed by atoms with van der Waals surface area (Å²) in [6.07, 6.45) is -0.534. The van der Waals surface area contributed by atoms with Crippen molar-refractivity contribution in [3.63, 3.8) is 0 Å². The number of ether oxygens (including phenoxy) is 2. The van der Waals surface area contributed by atoms with Crippen LogP contribution < -0.4 is 5.73 Å². The topological polar surface area (TPSA) is 81.9 Å². The van der Waals surface area contributed by atoms with Crippen LogP contribution in [0.3, 0.4) is 0 Å². The summed E-state index contributed by atoms with van der Waals surface area (Å²) in [4.78, 5) is 24.0. The zero-order chi connectivity index (χ0) is 13.0. The Morgan fingerprint density at radius 1 is 1.35 bits per heavy atom. The zero-order valence-electron chi connectivity index (χ0n) is 10.5. The van der Waals surface area contributed by atoms with Crippen LogP contribution in [0.1, 0.15) is 27.2 Å². The monoisotopic (exact) mass is 244 g/mol. The summed E-state index contributed by atoms with van der Waals surface area (Å²) in [6, 6.07) is 0. The third-order valence-electron chi connectivity index (χ3n) is 2.54. The second-order valence-electron chi connectivity index (χ2n) is 4.47. The number of hydrogen-bond donors (Lipinski definition) is 1. The molecule has 1 aliphatic heterocycles. The fraction of sp³-hybridized carbons (Fsp3) is 0.818. The van der Waals surface area contributed by atoms with Gasteiger partial charge in [-0.1, -0.05) is 0 Å². The maximum absolute atomic E-state index is 11.6. The zero-order valence-corrected chi connectivity index (χ0v) is 10.5. The first-order chi connectivity index (χ1) is 7.90. The van der Waals surface area contributed by atoms with Crippen molar-refractivity contribution >= 4 is 12.0 Å². The molecule has 0 bridgehead atoms. The lowest BCUT2D eigenvalue weighted by Gasteiger charge is -2.19. The summed E-state index contributed by atoms with van der Waals surface area (Å²) < 4.78 is 10.5. The van der Waals surface area contributed by atoms with E-state index in [0.29, 0.717) is 19.5 Å². The number of primary amides is 1. The third-order valence-corrected chi connectivity index (χ3v) is 2.54. The van der Waals surface area contributed by atoms with Crippen molar-refractivity contribution in [1.29, 1.82) is 0 Å². The van der Waals surface area contributed by atoms with Crippen LogP contribution in [0.2, 0.25) is 0 Å². The molecule has 2 atom stereocenters. The van der Waals surface area contributed by atoms with Crippen molar-refractivity contribution in [2.45, 2.75) is 45.5 Å². The lowest BCUT2D eigenvalue weighted by molar-refractivity contribution is -0.131. The molecule has 98 valence electrons. The van der Waals surface area contributed by atoms with E-state index >= 15 is 0 Å². The van der Waals surface area contributed by atoms with E-state index in [2.05, 4.69) is 0 Å². The summed E-state index contributed by atoms with van der Waals surface area (Å²) in [5, 5.41) is 0. The Kier molecular flexibility index (Phi) is 4.74. The maximum Gasteiger partial charge on any atom is 0.410 e. The van der Waals surface area contributed by atoms with Crippen LogP contribution in [0.4, 0.5) is 4.79 Å². The first-order valence-electron chi connectivity index (χ1n) is 5.80. The first kappa shape index (κ1) is 13.8. The Hall–Kier alpha value is -1.30.